The summed E-state index contributed by atoms with van der Waals surface area (Å²) in [7, 11) is 0. The predicted molar refractivity (Wildman–Crippen MR) is 70.9 cm³/mol. The highest BCUT2D eigenvalue weighted by atomic mass is 15.0. The Morgan fingerprint density at radius 3 is 2.82 bits per heavy atom. The van der Waals surface area contributed by atoms with E-state index in [-0.39, 0.29) is 0 Å². The largest absolute Gasteiger partial charge is 0.337 e. The molecule has 17 heavy (non-hydrogen) atoms. The van der Waals surface area contributed by atoms with Gasteiger partial charge in [0.15, 0.2) is 0 Å². The zero-order valence-corrected chi connectivity index (χ0v) is 10.8. The molecular formula is C14H25N3. The van der Waals surface area contributed by atoms with Crippen LogP contribution in [0.25, 0.3) is 0 Å². The highest BCUT2D eigenvalue weighted by molar-refractivity contribution is 4.73. The molecule has 3 nitrogen and oxygen atoms in total. The lowest BCUT2D eigenvalue weighted by Gasteiger charge is -2.21. The summed E-state index contributed by atoms with van der Waals surface area (Å²) < 4.78 is 2.14. The molecule has 0 radical (unpaired) electrons. The first-order valence-electron chi connectivity index (χ1n) is 7.11. The molecule has 1 aromatic rings. The standard InChI is InChI=1S/C14H25N3/c1-2-5-14(6-3-1)7-9-15-8-4-11-17-12-10-16-13-17/h10,12-15H,1-9,11H2. The molecule has 0 saturated heterocycles. The molecule has 1 heterocycles. The Balaban J connectivity index is 1.43. The second-order valence-electron chi connectivity index (χ2n) is 5.20. The van der Waals surface area contributed by atoms with Crippen LogP contribution in [0.5, 0.6) is 0 Å². The maximum Gasteiger partial charge on any atom is 0.0945 e. The molecule has 1 saturated carbocycles. The minimum atomic E-state index is 1.00. The number of nitrogens with one attached hydrogen (secondary N) is 1. The van der Waals surface area contributed by atoms with Gasteiger partial charge in [-0.15, -0.1) is 0 Å². The Kier molecular flexibility index (Phi) is 5.56. The zero-order valence-electron chi connectivity index (χ0n) is 10.8. The van der Waals surface area contributed by atoms with Crippen molar-refractivity contribution in [2.24, 2.45) is 5.92 Å². The number of nitrogens with zero attached hydrogens (tertiary/aromatic N) is 2. The van der Waals surface area contributed by atoms with Gasteiger partial charge in [0.25, 0.3) is 0 Å². The molecule has 0 aromatic carbocycles. The Hall–Kier alpha value is -0.830. The quantitative estimate of drug-likeness (QED) is 0.737. The van der Waals surface area contributed by atoms with Crippen LogP contribution in [0, 0.1) is 5.92 Å². The van der Waals surface area contributed by atoms with Crippen molar-refractivity contribution in [3.63, 3.8) is 0 Å². The van der Waals surface area contributed by atoms with Crippen molar-refractivity contribution in [3.05, 3.63) is 18.7 Å². The van der Waals surface area contributed by atoms with Crippen molar-refractivity contribution in [3.8, 4) is 0 Å². The van der Waals surface area contributed by atoms with Crippen molar-refractivity contribution < 1.29 is 0 Å². The van der Waals surface area contributed by atoms with Crippen LogP contribution in [0.1, 0.15) is 44.9 Å². The summed E-state index contributed by atoms with van der Waals surface area (Å²) in [6.07, 6.45) is 15.7. The van der Waals surface area contributed by atoms with Crippen LogP contribution < -0.4 is 5.32 Å². The van der Waals surface area contributed by atoms with Crippen molar-refractivity contribution in [1.82, 2.24) is 14.9 Å². The highest BCUT2D eigenvalue weighted by Gasteiger charge is 2.12. The van der Waals surface area contributed by atoms with Crippen LogP contribution in [0.3, 0.4) is 0 Å². The van der Waals surface area contributed by atoms with Gasteiger partial charge in [0.05, 0.1) is 6.33 Å². The molecule has 0 unspecified atom stereocenters. The van der Waals surface area contributed by atoms with Gasteiger partial charge < -0.3 is 9.88 Å². The van der Waals surface area contributed by atoms with E-state index in [0.29, 0.717) is 0 Å². The molecule has 0 aliphatic heterocycles. The molecule has 0 amide bonds. The molecule has 0 spiro atoms. The molecule has 3 heteroatoms. The van der Waals surface area contributed by atoms with Crippen LogP contribution in [0.15, 0.2) is 18.7 Å². The van der Waals surface area contributed by atoms with Gasteiger partial charge in [0.2, 0.25) is 0 Å². The lowest BCUT2D eigenvalue weighted by Crippen LogP contribution is -2.21. The Bertz CT molecular complexity index is 276. The normalized spacial score (nSPS) is 17.4. The second-order valence-corrected chi connectivity index (χ2v) is 5.20. The molecule has 1 aromatic heterocycles. The first-order valence-corrected chi connectivity index (χ1v) is 7.11. The summed E-state index contributed by atoms with van der Waals surface area (Å²) in [6.45, 7) is 3.41. The summed E-state index contributed by atoms with van der Waals surface area (Å²) in [5.41, 5.74) is 0. The number of aryl methyl sites for hydroxylation is 1. The van der Waals surface area contributed by atoms with Crippen LogP contribution in [-0.4, -0.2) is 22.6 Å². The van der Waals surface area contributed by atoms with Gasteiger partial charge in [-0.3, -0.25) is 0 Å². The summed E-state index contributed by atoms with van der Waals surface area (Å²) in [5.74, 6) is 1.00. The van der Waals surface area contributed by atoms with E-state index in [9.17, 15) is 0 Å². The summed E-state index contributed by atoms with van der Waals surface area (Å²) in [6, 6.07) is 0. The van der Waals surface area contributed by atoms with Gasteiger partial charge in [-0.2, -0.15) is 0 Å². The smallest absolute Gasteiger partial charge is 0.0945 e. The van der Waals surface area contributed by atoms with E-state index in [4.69, 9.17) is 0 Å². The van der Waals surface area contributed by atoms with E-state index in [1.165, 1.54) is 51.5 Å². The minimum absolute atomic E-state index is 1.00. The predicted octanol–water partition coefficient (Wildman–Crippen LogP) is 2.83. The Labute approximate surface area is 105 Å². The molecule has 0 bridgehead atoms. The van der Waals surface area contributed by atoms with E-state index < -0.39 is 0 Å². The summed E-state index contributed by atoms with van der Waals surface area (Å²) in [4.78, 5) is 4.04. The zero-order chi connectivity index (χ0) is 11.8. The number of imidazole rings is 1. The maximum absolute atomic E-state index is 4.04. The Morgan fingerprint density at radius 1 is 1.18 bits per heavy atom. The number of aromatic nitrogens is 2. The summed E-state index contributed by atoms with van der Waals surface area (Å²) >= 11 is 0. The van der Waals surface area contributed by atoms with Crippen molar-refractivity contribution in [2.75, 3.05) is 13.1 Å². The monoisotopic (exact) mass is 235 g/mol. The van der Waals surface area contributed by atoms with Crippen LogP contribution in [-0.2, 0) is 6.54 Å². The average molecular weight is 235 g/mol. The molecule has 1 aliphatic rings. The number of rotatable bonds is 7. The maximum atomic E-state index is 4.04. The molecule has 1 fully saturated rings. The van der Waals surface area contributed by atoms with E-state index in [1.54, 1.807) is 0 Å². The van der Waals surface area contributed by atoms with Crippen molar-refractivity contribution in [1.29, 1.82) is 0 Å². The fraction of sp³-hybridized carbons (Fsp3) is 0.786. The van der Waals surface area contributed by atoms with Crippen LogP contribution >= 0.6 is 0 Å². The van der Waals surface area contributed by atoms with Gasteiger partial charge in [0, 0.05) is 18.9 Å². The molecule has 1 N–H and O–H groups in total. The molecular weight excluding hydrogens is 210 g/mol. The minimum Gasteiger partial charge on any atom is -0.337 e. The van der Waals surface area contributed by atoms with Crippen LogP contribution in [0.2, 0.25) is 0 Å². The highest BCUT2D eigenvalue weighted by Crippen LogP contribution is 2.25. The van der Waals surface area contributed by atoms with Gasteiger partial charge in [-0.05, 0) is 31.8 Å². The fourth-order valence-corrected chi connectivity index (χ4v) is 2.71. The van der Waals surface area contributed by atoms with Gasteiger partial charge >= 0.3 is 0 Å². The van der Waals surface area contributed by atoms with Gasteiger partial charge in [-0.25, -0.2) is 4.98 Å². The van der Waals surface area contributed by atoms with E-state index in [0.717, 1.165) is 19.0 Å². The molecule has 96 valence electrons. The molecule has 0 atom stereocenters. The van der Waals surface area contributed by atoms with Crippen LogP contribution in [0.4, 0.5) is 0 Å². The molecule has 2 rings (SSSR count). The first-order chi connectivity index (χ1) is 8.45. The lowest BCUT2D eigenvalue weighted by atomic mass is 9.87. The van der Waals surface area contributed by atoms with Crippen molar-refractivity contribution in [2.45, 2.75) is 51.5 Å². The van der Waals surface area contributed by atoms with E-state index in [1.807, 2.05) is 18.7 Å². The number of hydrogen-bond donors (Lipinski definition) is 1. The van der Waals surface area contributed by atoms with E-state index in [2.05, 4.69) is 14.9 Å². The van der Waals surface area contributed by atoms with E-state index >= 15 is 0 Å². The van der Waals surface area contributed by atoms with Gasteiger partial charge in [-0.1, -0.05) is 32.1 Å². The lowest BCUT2D eigenvalue weighted by molar-refractivity contribution is 0.333. The topological polar surface area (TPSA) is 29.9 Å². The van der Waals surface area contributed by atoms with Gasteiger partial charge in [0.1, 0.15) is 0 Å². The molecule has 1 aliphatic carbocycles. The third-order valence-corrected chi connectivity index (χ3v) is 3.78. The first kappa shape index (κ1) is 12.6. The second kappa shape index (κ2) is 7.49. The third kappa shape index (κ3) is 4.90. The number of hydrogen-bond acceptors (Lipinski definition) is 2. The summed E-state index contributed by atoms with van der Waals surface area (Å²) in [5, 5.41) is 3.56. The Morgan fingerprint density at radius 2 is 2.06 bits per heavy atom. The SMILES string of the molecule is c1cn(CCCNCCC2CCCCC2)cn1. The fourth-order valence-electron chi connectivity index (χ4n) is 2.71. The average Bonchev–Trinajstić information content (AvgIpc) is 2.88. The third-order valence-electron chi connectivity index (χ3n) is 3.78. The van der Waals surface area contributed by atoms with Crippen molar-refractivity contribution >= 4 is 0 Å².